The Morgan fingerprint density at radius 2 is 1.66 bits per heavy atom. The van der Waals surface area contributed by atoms with Crippen molar-refractivity contribution in [1.29, 1.82) is 0 Å². The van der Waals surface area contributed by atoms with Crippen LogP contribution >= 0.6 is 11.6 Å². The fraction of sp³-hybridized carbons (Fsp3) is 0.379. The van der Waals surface area contributed by atoms with E-state index in [1.807, 2.05) is 18.2 Å². The Kier molecular flexibility index (Phi) is 19.3. The molecule has 474 valence electrons. The predicted octanol–water partition coefficient (Wildman–Crippen LogP) is 8.35. The molecule has 2 aromatic heterocycles. The number of pyridine rings is 1. The molecule has 4 aliphatic heterocycles. The quantitative estimate of drug-likeness (QED) is 0.0173. The maximum atomic E-state index is 14.2. The number of piperidine rings is 2. The number of hydrogen-bond acceptors (Lipinski definition) is 17. The van der Waals surface area contributed by atoms with Gasteiger partial charge in [0.2, 0.25) is 17.7 Å². The van der Waals surface area contributed by atoms with Crippen LogP contribution in [0.2, 0.25) is 5.02 Å². The van der Waals surface area contributed by atoms with Crippen molar-refractivity contribution < 1.29 is 56.3 Å². The van der Waals surface area contributed by atoms with Crippen molar-refractivity contribution in [3.8, 4) is 23.3 Å². The summed E-state index contributed by atoms with van der Waals surface area (Å²) in [5, 5.41) is 19.2. The monoisotopic (exact) mass is 1280 g/mol. The Labute approximate surface area is 531 Å². The number of carbonyl (C=O) groups excluding carboxylic acids is 6. The second kappa shape index (κ2) is 27.6. The standard InChI is InChI=1S/C66H69ClN10O13S/c1-66(2)23-19-46(53(37-66)43-9-11-47(67)12-10-43)40-73-27-29-74(30-28-73)48-13-15-51(57(35-48)90-49-34-45-20-24-68-61(45)70-39-49)62(80)72-91(86,87)50-14-16-54(56(36-50)77(84)85)69-38-42-21-25-75(26-22-42)59(79)41-89-33-32-88-31-4-3-6-44-7-5-8-52-60(44)65(83)76(64(52)82)55-17-18-58(78)71-63(55)81/h5,7-16,20,24,34-36,39,42,55,69H,4,17-19,21-23,25-33,37-38,40-41H2,1-2H3,(H,68,70)(H,72,80)(H,71,78,81). The van der Waals surface area contributed by atoms with Crippen molar-refractivity contribution >= 4 is 90.7 Å². The highest BCUT2D eigenvalue weighted by Crippen LogP contribution is 2.44. The van der Waals surface area contributed by atoms with Gasteiger partial charge in [-0.25, -0.2) is 18.1 Å². The summed E-state index contributed by atoms with van der Waals surface area (Å²) in [6, 6.07) is 23.7. The van der Waals surface area contributed by atoms with Crippen LogP contribution in [0.5, 0.6) is 11.5 Å². The topological polar surface area (TPSA) is 285 Å². The highest BCUT2D eigenvalue weighted by molar-refractivity contribution is 7.90. The average Bonchev–Trinajstić information content (AvgIpc) is 1.66. The molecule has 3 fully saturated rings. The van der Waals surface area contributed by atoms with Crippen molar-refractivity contribution in [3.05, 3.63) is 152 Å². The number of nitro benzene ring substituents is 1. The molecule has 0 radical (unpaired) electrons. The normalized spacial score (nSPS) is 18.0. The molecule has 1 unspecified atom stereocenters. The van der Waals surface area contributed by atoms with Gasteiger partial charge in [0.1, 0.15) is 35.5 Å². The van der Waals surface area contributed by atoms with E-state index in [1.165, 1.54) is 47.2 Å². The molecule has 4 N–H and O–H groups in total. The zero-order chi connectivity index (χ0) is 64.0. The lowest BCUT2D eigenvalue weighted by atomic mass is 9.72. The Morgan fingerprint density at radius 1 is 0.879 bits per heavy atom. The Balaban J connectivity index is 0.643. The number of imide groups is 2. The largest absolute Gasteiger partial charge is 0.455 e. The van der Waals surface area contributed by atoms with E-state index >= 15 is 0 Å². The molecule has 11 rings (SSSR count). The number of H-pyrrole nitrogens is 1. The molecule has 6 aromatic rings. The lowest BCUT2D eigenvalue weighted by Gasteiger charge is -2.39. The molecule has 0 saturated carbocycles. The Bertz CT molecular complexity index is 4050. The summed E-state index contributed by atoms with van der Waals surface area (Å²) in [5.74, 6) is 2.68. The van der Waals surface area contributed by atoms with E-state index in [0.717, 1.165) is 60.9 Å². The van der Waals surface area contributed by atoms with Crippen LogP contribution in [0.15, 0.2) is 114 Å². The van der Waals surface area contributed by atoms with Gasteiger partial charge in [-0.15, -0.1) is 0 Å². The number of nitrogens with one attached hydrogen (secondary N) is 4. The van der Waals surface area contributed by atoms with Crippen LogP contribution in [0.25, 0.3) is 16.6 Å². The van der Waals surface area contributed by atoms with Gasteiger partial charge in [-0.1, -0.05) is 61.1 Å². The van der Waals surface area contributed by atoms with Gasteiger partial charge in [0, 0.05) is 105 Å². The first-order valence-corrected chi connectivity index (χ1v) is 32.2. The van der Waals surface area contributed by atoms with E-state index in [0.29, 0.717) is 74.0 Å². The summed E-state index contributed by atoms with van der Waals surface area (Å²) < 4.78 is 47.6. The maximum Gasteiger partial charge on any atom is 0.293 e. The average molecular weight is 1280 g/mol. The molecule has 91 heavy (non-hydrogen) atoms. The van der Waals surface area contributed by atoms with E-state index in [2.05, 4.69) is 72.9 Å². The minimum absolute atomic E-state index is 0.0146. The van der Waals surface area contributed by atoms with Gasteiger partial charge >= 0.3 is 0 Å². The van der Waals surface area contributed by atoms with Crippen LogP contribution in [-0.4, -0.2) is 158 Å². The molecule has 25 heteroatoms. The van der Waals surface area contributed by atoms with Crippen LogP contribution < -0.4 is 25.0 Å². The predicted molar refractivity (Wildman–Crippen MR) is 339 cm³/mol. The fourth-order valence-electron chi connectivity index (χ4n) is 12.2. The minimum atomic E-state index is -4.68. The maximum absolute atomic E-state index is 14.2. The molecule has 1 aliphatic carbocycles. The van der Waals surface area contributed by atoms with E-state index < -0.39 is 61.1 Å². The summed E-state index contributed by atoms with van der Waals surface area (Å²) in [7, 11) is -4.68. The number of aromatic amines is 1. The lowest BCUT2D eigenvalue weighted by molar-refractivity contribution is -0.384. The number of aromatic nitrogens is 2. The van der Waals surface area contributed by atoms with E-state index in [9.17, 15) is 47.3 Å². The number of fused-ring (bicyclic) bond motifs is 2. The lowest BCUT2D eigenvalue weighted by Crippen LogP contribution is -2.54. The van der Waals surface area contributed by atoms with Crippen LogP contribution in [0.1, 0.15) is 107 Å². The highest BCUT2D eigenvalue weighted by atomic mass is 35.5. The van der Waals surface area contributed by atoms with Crippen molar-refractivity contribution in [3.63, 3.8) is 0 Å². The van der Waals surface area contributed by atoms with Crippen molar-refractivity contribution in [1.82, 2.24) is 34.7 Å². The van der Waals surface area contributed by atoms with Crippen molar-refractivity contribution in [2.24, 2.45) is 11.3 Å². The summed E-state index contributed by atoms with van der Waals surface area (Å²) in [6.07, 6.45) is 7.89. The molecule has 5 aliphatic rings. The number of rotatable bonds is 21. The number of ether oxygens (including phenoxy) is 3. The number of allylic oxidation sites excluding steroid dienone is 1. The van der Waals surface area contributed by atoms with Gasteiger partial charge < -0.3 is 34.3 Å². The molecule has 4 aromatic carbocycles. The second-order valence-electron chi connectivity index (χ2n) is 24.0. The van der Waals surface area contributed by atoms with Crippen molar-refractivity contribution in [2.45, 2.75) is 76.2 Å². The SMILES string of the molecule is CC1(C)CCC(CN2CCN(c3ccc(C(=O)NS(=O)(=O)c4ccc(NCC5CCN(C(=O)COCCOCCC#Cc6cccc7c6C(=O)N(C6CCC(=O)NC6=O)C7=O)CC5)c([N+](=O)[O-])c4)c(Oc4cnc5[nH]ccc5c4)c3)CC2)=C(c2ccc(Cl)cc2)C1. The number of anilines is 2. The molecule has 3 saturated heterocycles. The molecular formula is C66H69ClN10O13S. The van der Waals surface area contributed by atoms with Gasteiger partial charge in [0.25, 0.3) is 33.4 Å². The van der Waals surface area contributed by atoms with Gasteiger partial charge in [-0.05, 0) is 122 Å². The minimum Gasteiger partial charge on any atom is -0.455 e. The number of sulfonamides is 1. The molecule has 0 spiro atoms. The third-order valence-electron chi connectivity index (χ3n) is 17.3. The van der Waals surface area contributed by atoms with E-state index in [-0.39, 0.29) is 84.6 Å². The number of amides is 6. The number of likely N-dealkylation sites (tertiary alicyclic amines) is 1. The third kappa shape index (κ3) is 14.9. The van der Waals surface area contributed by atoms with Crippen LogP contribution in [0.4, 0.5) is 17.1 Å². The Hall–Kier alpha value is -8.99. The first-order valence-electron chi connectivity index (χ1n) is 30.3. The number of halogens is 1. The zero-order valence-electron chi connectivity index (χ0n) is 50.4. The molecular weight excluding hydrogens is 1210 g/mol. The summed E-state index contributed by atoms with van der Waals surface area (Å²) in [4.78, 5) is 104. The number of piperazine rings is 1. The van der Waals surface area contributed by atoms with Gasteiger partial charge in [-0.3, -0.25) is 54.0 Å². The van der Waals surface area contributed by atoms with Gasteiger partial charge in [0.15, 0.2) is 0 Å². The summed E-state index contributed by atoms with van der Waals surface area (Å²) in [6.45, 7) is 10.00. The van der Waals surface area contributed by atoms with Crippen LogP contribution in [0.3, 0.4) is 0 Å². The summed E-state index contributed by atoms with van der Waals surface area (Å²) in [5.41, 5.74) is 5.71. The fourth-order valence-corrected chi connectivity index (χ4v) is 13.3. The molecule has 6 amide bonds. The first kappa shape index (κ1) is 63.6. The first-order chi connectivity index (χ1) is 43.8. The molecule has 0 bridgehead atoms. The third-order valence-corrected chi connectivity index (χ3v) is 18.8. The number of carbonyl (C=O) groups is 6. The number of nitrogens with zero attached hydrogens (tertiary/aromatic N) is 6. The number of hydrogen-bond donors (Lipinski definition) is 4. The van der Waals surface area contributed by atoms with Crippen LogP contribution in [0, 0.1) is 33.3 Å². The number of nitro groups is 1. The summed E-state index contributed by atoms with van der Waals surface area (Å²) >= 11 is 6.27. The van der Waals surface area contributed by atoms with E-state index in [1.54, 1.807) is 41.4 Å². The molecule has 6 heterocycles. The Morgan fingerprint density at radius 3 is 2.43 bits per heavy atom. The zero-order valence-corrected chi connectivity index (χ0v) is 52.0. The van der Waals surface area contributed by atoms with Crippen LogP contribution in [-0.2, 0) is 33.9 Å². The van der Waals surface area contributed by atoms with Gasteiger partial charge in [-0.2, -0.15) is 0 Å². The molecule has 1 atom stereocenters. The smallest absolute Gasteiger partial charge is 0.293 e. The highest BCUT2D eigenvalue weighted by Gasteiger charge is 2.45. The van der Waals surface area contributed by atoms with Crippen molar-refractivity contribution in [2.75, 3.05) is 89.0 Å². The van der Waals surface area contributed by atoms with Gasteiger partial charge in [0.05, 0.1) is 52.5 Å². The second-order valence-corrected chi connectivity index (χ2v) is 26.1. The molecule has 23 nitrogen and oxygen atoms in total. The van der Waals surface area contributed by atoms with E-state index in [4.69, 9.17) is 25.8 Å². The number of benzene rings is 4.